The third kappa shape index (κ3) is 6.80. The third-order valence-electron chi connectivity index (χ3n) is 4.72. The van der Waals surface area contributed by atoms with E-state index in [0.717, 1.165) is 57.3 Å². The van der Waals surface area contributed by atoms with Crippen LogP contribution in [0.4, 0.5) is 0 Å². The highest BCUT2D eigenvalue weighted by molar-refractivity contribution is 8.22. The molecule has 0 saturated heterocycles. The fourth-order valence-electron chi connectivity index (χ4n) is 2.79. The van der Waals surface area contributed by atoms with E-state index in [1.165, 1.54) is 5.56 Å². The highest BCUT2D eigenvalue weighted by Gasteiger charge is 2.16. The van der Waals surface area contributed by atoms with Gasteiger partial charge in [-0.25, -0.2) is 0 Å². The van der Waals surface area contributed by atoms with Crippen LogP contribution in [0.15, 0.2) is 6.07 Å². The van der Waals surface area contributed by atoms with Gasteiger partial charge in [0.05, 0.1) is 0 Å². The molecule has 0 fully saturated rings. The lowest BCUT2D eigenvalue weighted by atomic mass is 10.00. The Morgan fingerprint density at radius 2 is 1.33 bits per heavy atom. The van der Waals surface area contributed by atoms with Crippen molar-refractivity contribution in [3.05, 3.63) is 28.3 Å². The van der Waals surface area contributed by atoms with Crippen molar-refractivity contribution in [1.82, 2.24) is 9.80 Å². The lowest BCUT2D eigenvalue weighted by Crippen LogP contribution is -2.26. The Morgan fingerprint density at radius 1 is 0.889 bits per heavy atom. The second-order valence-corrected chi connectivity index (χ2v) is 9.48. The molecule has 0 aromatic heterocycles. The standard InChI is InChI=1S/C20H32N2OS4/c1-7-21(8-2)19(24)26-12-16-11-14(5)18(23)17(15(16)6)13-27-20(25)22(9-3)10-4/h11,23H,7-10,12-13H2,1-6H3. The van der Waals surface area contributed by atoms with E-state index < -0.39 is 0 Å². The molecule has 0 radical (unpaired) electrons. The van der Waals surface area contributed by atoms with Crippen molar-refractivity contribution < 1.29 is 5.11 Å². The van der Waals surface area contributed by atoms with E-state index in [1.807, 2.05) is 6.92 Å². The van der Waals surface area contributed by atoms with Crippen molar-refractivity contribution in [1.29, 1.82) is 0 Å². The first-order valence-corrected chi connectivity index (χ1v) is 12.2. The molecule has 0 atom stereocenters. The Bertz CT molecular complexity index is 656. The number of phenols is 1. The minimum atomic E-state index is 0.391. The Labute approximate surface area is 184 Å². The average molecular weight is 445 g/mol. The van der Waals surface area contributed by atoms with Crippen LogP contribution in [0, 0.1) is 13.8 Å². The van der Waals surface area contributed by atoms with E-state index in [0.29, 0.717) is 11.5 Å². The molecule has 0 unspecified atom stereocenters. The molecule has 1 N–H and O–H groups in total. The lowest BCUT2D eigenvalue weighted by Gasteiger charge is -2.23. The highest BCUT2D eigenvalue weighted by atomic mass is 32.2. The molecule has 0 aliphatic heterocycles. The minimum Gasteiger partial charge on any atom is -0.507 e. The molecular formula is C20H32N2OS4. The second-order valence-electron chi connectivity index (χ2n) is 6.26. The van der Waals surface area contributed by atoms with Crippen molar-refractivity contribution >= 4 is 56.6 Å². The van der Waals surface area contributed by atoms with Gasteiger partial charge in [0.1, 0.15) is 14.4 Å². The summed E-state index contributed by atoms with van der Waals surface area (Å²) in [4.78, 5) is 4.36. The van der Waals surface area contributed by atoms with E-state index in [9.17, 15) is 5.11 Å². The van der Waals surface area contributed by atoms with Gasteiger partial charge in [-0.1, -0.05) is 54.0 Å². The van der Waals surface area contributed by atoms with Gasteiger partial charge in [-0.2, -0.15) is 0 Å². The number of nitrogens with zero attached hydrogens (tertiary/aromatic N) is 2. The van der Waals surface area contributed by atoms with Crippen LogP contribution in [-0.4, -0.2) is 49.7 Å². The van der Waals surface area contributed by atoms with E-state index in [4.69, 9.17) is 24.4 Å². The van der Waals surface area contributed by atoms with Crippen molar-refractivity contribution in [2.24, 2.45) is 0 Å². The van der Waals surface area contributed by atoms with Gasteiger partial charge in [-0.05, 0) is 58.2 Å². The lowest BCUT2D eigenvalue weighted by molar-refractivity contribution is 0.465. The number of aryl methyl sites for hydroxylation is 1. The normalized spacial score (nSPS) is 10.7. The minimum absolute atomic E-state index is 0.391. The van der Waals surface area contributed by atoms with Crippen LogP contribution in [0.5, 0.6) is 5.75 Å². The zero-order chi connectivity index (χ0) is 20.6. The van der Waals surface area contributed by atoms with Gasteiger partial charge in [0.15, 0.2) is 0 Å². The van der Waals surface area contributed by atoms with Gasteiger partial charge in [0, 0.05) is 43.2 Å². The molecular weight excluding hydrogens is 413 g/mol. The van der Waals surface area contributed by atoms with Gasteiger partial charge in [-0.3, -0.25) is 0 Å². The largest absolute Gasteiger partial charge is 0.507 e. The summed E-state index contributed by atoms with van der Waals surface area (Å²) in [6.45, 7) is 16.2. The molecule has 1 aromatic rings. The zero-order valence-corrected chi connectivity index (χ0v) is 20.6. The van der Waals surface area contributed by atoms with Crippen molar-refractivity contribution in [2.75, 3.05) is 26.2 Å². The Kier molecular flexibility index (Phi) is 11.0. The fourth-order valence-corrected chi connectivity index (χ4v) is 5.74. The van der Waals surface area contributed by atoms with Gasteiger partial charge >= 0.3 is 0 Å². The van der Waals surface area contributed by atoms with Crippen LogP contribution in [-0.2, 0) is 11.5 Å². The summed E-state index contributed by atoms with van der Waals surface area (Å²) in [5.74, 6) is 1.90. The molecule has 152 valence electrons. The second kappa shape index (κ2) is 12.1. The van der Waals surface area contributed by atoms with Crippen LogP contribution in [0.25, 0.3) is 0 Å². The van der Waals surface area contributed by atoms with Crippen LogP contribution >= 0.6 is 48.0 Å². The molecule has 1 aromatic carbocycles. The summed E-state index contributed by atoms with van der Waals surface area (Å²) in [5, 5.41) is 10.6. The Morgan fingerprint density at radius 3 is 1.78 bits per heavy atom. The molecule has 0 aliphatic rings. The van der Waals surface area contributed by atoms with Crippen LogP contribution in [0.1, 0.15) is 49.9 Å². The number of hydrogen-bond donors (Lipinski definition) is 1. The van der Waals surface area contributed by atoms with E-state index in [2.05, 4.69) is 50.5 Å². The zero-order valence-electron chi connectivity index (χ0n) is 17.3. The van der Waals surface area contributed by atoms with Gasteiger partial charge < -0.3 is 14.9 Å². The van der Waals surface area contributed by atoms with Crippen molar-refractivity contribution in [3.8, 4) is 5.75 Å². The van der Waals surface area contributed by atoms with Crippen LogP contribution < -0.4 is 0 Å². The molecule has 0 saturated carbocycles. The molecule has 0 aliphatic carbocycles. The van der Waals surface area contributed by atoms with E-state index in [1.54, 1.807) is 23.5 Å². The summed E-state index contributed by atoms with van der Waals surface area (Å²) < 4.78 is 1.82. The number of phenolic OH excluding ortho intramolecular Hbond substituents is 1. The predicted octanol–water partition coefficient (Wildman–Crippen LogP) is 5.73. The number of thioether (sulfide) groups is 2. The fraction of sp³-hybridized carbons (Fsp3) is 0.600. The predicted molar refractivity (Wildman–Crippen MR) is 131 cm³/mol. The van der Waals surface area contributed by atoms with Gasteiger partial charge in [0.25, 0.3) is 0 Å². The molecule has 27 heavy (non-hydrogen) atoms. The van der Waals surface area contributed by atoms with Crippen molar-refractivity contribution in [3.63, 3.8) is 0 Å². The SMILES string of the molecule is CCN(CC)C(=S)SCc1cc(C)c(O)c(CSC(=S)N(CC)CC)c1C. The average Bonchev–Trinajstić information content (AvgIpc) is 2.65. The maximum Gasteiger partial charge on any atom is 0.136 e. The van der Waals surface area contributed by atoms with E-state index in [-0.39, 0.29) is 0 Å². The summed E-state index contributed by atoms with van der Waals surface area (Å²) in [6, 6.07) is 2.08. The van der Waals surface area contributed by atoms with Crippen molar-refractivity contribution in [2.45, 2.75) is 53.0 Å². The number of aromatic hydroxyl groups is 1. The first-order valence-electron chi connectivity index (χ1n) is 9.44. The maximum absolute atomic E-state index is 10.6. The van der Waals surface area contributed by atoms with Crippen LogP contribution in [0.2, 0.25) is 0 Å². The first-order chi connectivity index (χ1) is 12.8. The number of thiocarbonyl (C=S) groups is 2. The third-order valence-corrected chi connectivity index (χ3v) is 7.84. The first kappa shape index (κ1) is 24.5. The molecule has 1 rings (SSSR count). The smallest absolute Gasteiger partial charge is 0.136 e. The number of rotatable bonds is 8. The Hall–Kier alpha value is -0.500. The summed E-state index contributed by atoms with van der Waals surface area (Å²) in [7, 11) is 0. The number of benzene rings is 1. The summed E-state index contributed by atoms with van der Waals surface area (Å²) >= 11 is 14.4. The summed E-state index contributed by atoms with van der Waals surface area (Å²) in [6.07, 6.45) is 0. The topological polar surface area (TPSA) is 26.7 Å². The Balaban J connectivity index is 2.94. The maximum atomic E-state index is 10.6. The molecule has 7 heteroatoms. The molecule has 0 amide bonds. The van der Waals surface area contributed by atoms with Crippen LogP contribution in [0.3, 0.4) is 0 Å². The van der Waals surface area contributed by atoms with Gasteiger partial charge in [0.2, 0.25) is 0 Å². The van der Waals surface area contributed by atoms with E-state index >= 15 is 0 Å². The quantitative estimate of drug-likeness (QED) is 0.512. The van der Waals surface area contributed by atoms with Gasteiger partial charge in [-0.15, -0.1) is 0 Å². The number of hydrogen-bond acceptors (Lipinski definition) is 5. The summed E-state index contributed by atoms with van der Waals surface area (Å²) in [5.41, 5.74) is 4.27. The highest BCUT2D eigenvalue weighted by Crippen LogP contribution is 2.34. The molecule has 3 nitrogen and oxygen atoms in total. The molecule has 0 spiro atoms. The molecule has 0 heterocycles. The molecule has 0 bridgehead atoms. The monoisotopic (exact) mass is 444 g/mol.